The minimum atomic E-state index is -3.19. The second-order valence-corrected chi connectivity index (χ2v) is 8.99. The van der Waals surface area contributed by atoms with Crippen LogP contribution in [0.4, 0.5) is 0 Å². The first-order valence-electron chi connectivity index (χ1n) is 7.79. The van der Waals surface area contributed by atoms with Crippen LogP contribution in [0.3, 0.4) is 0 Å². The Morgan fingerprint density at radius 1 is 1.39 bits per heavy atom. The molecule has 3 rings (SSSR count). The van der Waals surface area contributed by atoms with Gasteiger partial charge in [0.25, 0.3) is 0 Å². The van der Waals surface area contributed by atoms with E-state index in [9.17, 15) is 13.2 Å². The number of thiophene rings is 1. The van der Waals surface area contributed by atoms with E-state index in [2.05, 4.69) is 0 Å². The van der Waals surface area contributed by atoms with Gasteiger partial charge in [-0.1, -0.05) is 0 Å². The third-order valence-corrected chi connectivity index (χ3v) is 6.57. The number of sulfonamides is 1. The molecule has 1 aromatic heterocycles. The molecule has 6 nitrogen and oxygen atoms in total. The number of amides is 1. The molecule has 2 atom stereocenters. The van der Waals surface area contributed by atoms with Crippen molar-refractivity contribution in [2.45, 2.75) is 18.9 Å². The van der Waals surface area contributed by atoms with E-state index >= 15 is 0 Å². The lowest BCUT2D eigenvalue weighted by Gasteiger charge is -2.37. The van der Waals surface area contributed by atoms with Gasteiger partial charge in [-0.25, -0.2) is 8.42 Å². The predicted octanol–water partition coefficient (Wildman–Crippen LogP) is 0.800. The highest BCUT2D eigenvalue weighted by molar-refractivity contribution is 7.88. The summed E-state index contributed by atoms with van der Waals surface area (Å²) in [6.45, 7) is 2.52. The first kappa shape index (κ1) is 16.9. The molecule has 2 saturated heterocycles. The standard InChI is InChI=1S/C15H22N2O4S2/c1-23(19,20)17-5-6-21-14-10-16(4-2-13(14)9-17)15(18)8-12-3-7-22-11-12/h3,7,11,13-14H,2,4-6,8-10H2,1H3/t13-,14-/m0/s1. The molecule has 1 aromatic rings. The number of carbonyl (C=O) groups excluding carboxylic acids is 1. The number of carbonyl (C=O) groups is 1. The maximum Gasteiger partial charge on any atom is 0.227 e. The lowest BCUT2D eigenvalue weighted by molar-refractivity contribution is -0.136. The fraction of sp³-hybridized carbons (Fsp3) is 0.667. The van der Waals surface area contributed by atoms with Crippen molar-refractivity contribution in [3.8, 4) is 0 Å². The number of likely N-dealkylation sites (tertiary alicyclic amines) is 1. The third kappa shape index (κ3) is 4.12. The summed E-state index contributed by atoms with van der Waals surface area (Å²) in [7, 11) is -3.19. The highest BCUT2D eigenvalue weighted by Crippen LogP contribution is 2.25. The van der Waals surface area contributed by atoms with Crippen molar-refractivity contribution in [1.82, 2.24) is 9.21 Å². The predicted molar refractivity (Wildman–Crippen MR) is 88.9 cm³/mol. The Balaban J connectivity index is 1.61. The van der Waals surface area contributed by atoms with Crippen molar-refractivity contribution in [2.75, 3.05) is 39.0 Å². The highest BCUT2D eigenvalue weighted by atomic mass is 32.2. The van der Waals surface area contributed by atoms with Crippen LogP contribution in [0.5, 0.6) is 0 Å². The smallest absolute Gasteiger partial charge is 0.227 e. The van der Waals surface area contributed by atoms with Crippen LogP contribution in [-0.2, 0) is 26.0 Å². The van der Waals surface area contributed by atoms with Crippen molar-refractivity contribution in [2.24, 2.45) is 5.92 Å². The number of hydrogen-bond acceptors (Lipinski definition) is 5. The van der Waals surface area contributed by atoms with E-state index in [1.165, 1.54) is 10.6 Å². The Hall–Kier alpha value is -0.960. The van der Waals surface area contributed by atoms with E-state index in [1.54, 1.807) is 11.3 Å². The molecule has 0 spiro atoms. The van der Waals surface area contributed by atoms with Crippen LogP contribution < -0.4 is 0 Å². The van der Waals surface area contributed by atoms with Crippen LogP contribution in [0.1, 0.15) is 12.0 Å². The molecule has 1 amide bonds. The lowest BCUT2D eigenvalue weighted by Crippen LogP contribution is -2.49. The lowest BCUT2D eigenvalue weighted by atomic mass is 9.93. The van der Waals surface area contributed by atoms with Gasteiger partial charge in [0, 0.05) is 32.1 Å². The Kier molecular flexibility index (Phi) is 5.05. The third-order valence-electron chi connectivity index (χ3n) is 4.56. The molecule has 0 radical (unpaired) electrons. The molecule has 8 heteroatoms. The second-order valence-electron chi connectivity index (χ2n) is 6.23. The van der Waals surface area contributed by atoms with Gasteiger partial charge in [0.1, 0.15) is 0 Å². The molecule has 2 aliphatic rings. The van der Waals surface area contributed by atoms with Crippen molar-refractivity contribution in [1.29, 1.82) is 0 Å². The normalized spacial score (nSPS) is 26.6. The maximum atomic E-state index is 12.4. The molecule has 0 N–H and O–H groups in total. The zero-order chi connectivity index (χ0) is 16.4. The molecule has 0 saturated carbocycles. The van der Waals surface area contributed by atoms with Crippen LogP contribution >= 0.6 is 11.3 Å². The van der Waals surface area contributed by atoms with Crippen molar-refractivity contribution < 1.29 is 17.9 Å². The molecule has 0 bridgehead atoms. The van der Waals surface area contributed by atoms with E-state index in [0.717, 1.165) is 12.0 Å². The number of hydrogen-bond donors (Lipinski definition) is 0. The molecular formula is C15H22N2O4S2. The van der Waals surface area contributed by atoms with E-state index < -0.39 is 10.0 Å². The number of nitrogens with zero attached hydrogens (tertiary/aromatic N) is 2. The van der Waals surface area contributed by atoms with Gasteiger partial charge in [0.2, 0.25) is 15.9 Å². The summed E-state index contributed by atoms with van der Waals surface area (Å²) < 4.78 is 30.9. The Morgan fingerprint density at radius 3 is 2.91 bits per heavy atom. The molecule has 3 heterocycles. The molecule has 128 valence electrons. The van der Waals surface area contributed by atoms with E-state index in [-0.39, 0.29) is 17.9 Å². The van der Waals surface area contributed by atoms with Gasteiger partial charge in [-0.3, -0.25) is 4.79 Å². The monoisotopic (exact) mass is 358 g/mol. The van der Waals surface area contributed by atoms with Crippen LogP contribution in [0.15, 0.2) is 16.8 Å². The van der Waals surface area contributed by atoms with Gasteiger partial charge >= 0.3 is 0 Å². The Labute approximate surface area is 141 Å². The molecule has 0 aliphatic carbocycles. The second kappa shape index (κ2) is 6.88. The zero-order valence-corrected chi connectivity index (χ0v) is 14.8. The molecule has 0 aromatic carbocycles. The minimum Gasteiger partial charge on any atom is -0.375 e. The van der Waals surface area contributed by atoms with Gasteiger partial charge in [-0.2, -0.15) is 15.6 Å². The highest BCUT2D eigenvalue weighted by Gasteiger charge is 2.36. The number of fused-ring (bicyclic) bond motifs is 1. The van der Waals surface area contributed by atoms with Crippen molar-refractivity contribution in [3.05, 3.63) is 22.4 Å². The van der Waals surface area contributed by atoms with Gasteiger partial charge in [0.15, 0.2) is 0 Å². The molecule has 2 aliphatic heterocycles. The van der Waals surface area contributed by atoms with E-state index in [0.29, 0.717) is 39.2 Å². The molecule has 0 unspecified atom stereocenters. The summed E-state index contributed by atoms with van der Waals surface area (Å²) in [5, 5.41) is 3.97. The fourth-order valence-corrected chi connectivity index (χ4v) is 4.77. The quantitative estimate of drug-likeness (QED) is 0.802. The van der Waals surface area contributed by atoms with Gasteiger partial charge in [-0.05, 0) is 28.8 Å². The fourth-order valence-electron chi connectivity index (χ4n) is 3.23. The summed E-state index contributed by atoms with van der Waals surface area (Å²) in [6.07, 6.45) is 2.39. The first-order chi connectivity index (χ1) is 10.9. The maximum absolute atomic E-state index is 12.4. The van der Waals surface area contributed by atoms with Crippen LogP contribution in [0, 0.1) is 5.92 Å². The minimum absolute atomic E-state index is 0.0677. The molecule has 2 fully saturated rings. The molecular weight excluding hydrogens is 336 g/mol. The van der Waals surface area contributed by atoms with E-state index in [1.807, 2.05) is 21.7 Å². The zero-order valence-electron chi connectivity index (χ0n) is 13.2. The topological polar surface area (TPSA) is 66.9 Å². The SMILES string of the molecule is CS(=O)(=O)N1CCO[C@H]2CN(C(=O)Cc3ccsc3)CC[C@H]2C1. The number of piperidine rings is 1. The van der Waals surface area contributed by atoms with Crippen molar-refractivity contribution in [3.63, 3.8) is 0 Å². The summed E-state index contributed by atoms with van der Waals surface area (Å²) in [5.74, 6) is 0.284. The van der Waals surface area contributed by atoms with Crippen LogP contribution in [-0.4, -0.2) is 68.7 Å². The largest absolute Gasteiger partial charge is 0.375 e. The first-order valence-corrected chi connectivity index (χ1v) is 10.6. The summed E-state index contributed by atoms with van der Waals surface area (Å²) in [6, 6.07) is 1.97. The van der Waals surface area contributed by atoms with Gasteiger partial charge in [0.05, 0.1) is 25.4 Å². The van der Waals surface area contributed by atoms with Crippen molar-refractivity contribution >= 4 is 27.3 Å². The summed E-state index contributed by atoms with van der Waals surface area (Å²) >= 11 is 1.59. The summed E-state index contributed by atoms with van der Waals surface area (Å²) in [5.41, 5.74) is 1.05. The number of rotatable bonds is 3. The van der Waals surface area contributed by atoms with Crippen LogP contribution in [0.2, 0.25) is 0 Å². The van der Waals surface area contributed by atoms with Gasteiger partial charge < -0.3 is 9.64 Å². The van der Waals surface area contributed by atoms with Crippen LogP contribution in [0.25, 0.3) is 0 Å². The molecule has 23 heavy (non-hydrogen) atoms. The number of ether oxygens (including phenoxy) is 1. The summed E-state index contributed by atoms with van der Waals surface area (Å²) in [4.78, 5) is 14.3. The average Bonchev–Trinajstić information content (AvgIpc) is 2.89. The average molecular weight is 358 g/mol. The van der Waals surface area contributed by atoms with Gasteiger partial charge in [-0.15, -0.1) is 0 Å². The Morgan fingerprint density at radius 2 is 2.22 bits per heavy atom. The Bertz CT molecular complexity index is 644. The van der Waals surface area contributed by atoms with E-state index in [4.69, 9.17) is 4.74 Å².